The van der Waals surface area contributed by atoms with Crippen molar-refractivity contribution in [2.24, 2.45) is 0 Å². The number of carbonyl (C=O) groups excluding carboxylic acids is 3. The molecule has 0 atom stereocenters. The normalized spacial score (nSPS) is 21.5. The lowest BCUT2D eigenvalue weighted by molar-refractivity contribution is -0.158. The summed E-state index contributed by atoms with van der Waals surface area (Å²) in [6.07, 6.45) is 7.10. The minimum Gasteiger partial charge on any atom is -0.335 e. The van der Waals surface area contributed by atoms with Crippen molar-refractivity contribution in [2.75, 3.05) is 26.2 Å². The number of rotatable bonds is 4. The number of halogens is 1. The number of nitrogens with zero attached hydrogens (tertiary/aromatic N) is 3. The number of nitrogens with one attached hydrogen (secondary N) is 1. The van der Waals surface area contributed by atoms with Crippen molar-refractivity contribution >= 4 is 17.8 Å². The molecule has 0 bridgehead atoms. The Morgan fingerprint density at radius 3 is 2.26 bits per heavy atom. The van der Waals surface area contributed by atoms with Gasteiger partial charge in [0.2, 0.25) is 0 Å². The van der Waals surface area contributed by atoms with E-state index >= 15 is 0 Å². The summed E-state index contributed by atoms with van der Waals surface area (Å²) in [7, 11) is 0. The second-order valence-electron chi connectivity index (χ2n) is 8.85. The molecule has 2 aliphatic heterocycles. The maximum Gasteiger partial charge on any atom is 0.317 e. The molecule has 1 aromatic carbocycles. The Morgan fingerprint density at radius 1 is 0.903 bits per heavy atom. The molecule has 0 aromatic heterocycles. The zero-order valence-corrected chi connectivity index (χ0v) is 17.9. The summed E-state index contributed by atoms with van der Waals surface area (Å²) in [6.45, 7) is 2.45. The molecule has 7 nitrogen and oxygen atoms in total. The standard InChI is InChI=1S/C23H31FN4O3/c24-18-8-6-17(7-9-18)16-27-14-15-28(22(30)21(27)29)20-10-12-26(13-11-20)23(31)25-19-4-2-1-3-5-19/h6-9,19-20H,1-5,10-16H2,(H,25,31). The van der Waals surface area contributed by atoms with E-state index in [9.17, 15) is 18.8 Å². The van der Waals surface area contributed by atoms with Crippen LogP contribution in [0.2, 0.25) is 0 Å². The van der Waals surface area contributed by atoms with Crippen molar-refractivity contribution in [1.82, 2.24) is 20.0 Å². The third-order valence-corrected chi connectivity index (χ3v) is 6.75. The molecule has 1 aromatic rings. The van der Waals surface area contributed by atoms with Gasteiger partial charge in [0.25, 0.3) is 0 Å². The number of hydrogen-bond acceptors (Lipinski definition) is 3. The van der Waals surface area contributed by atoms with E-state index in [1.165, 1.54) is 36.3 Å². The van der Waals surface area contributed by atoms with Gasteiger partial charge < -0.3 is 20.0 Å². The highest BCUT2D eigenvalue weighted by Gasteiger charge is 2.38. The first kappa shape index (κ1) is 21.6. The van der Waals surface area contributed by atoms with E-state index in [-0.39, 0.29) is 23.9 Å². The molecule has 0 unspecified atom stereocenters. The number of piperazine rings is 1. The number of piperidine rings is 1. The topological polar surface area (TPSA) is 73.0 Å². The smallest absolute Gasteiger partial charge is 0.317 e. The number of carbonyl (C=O) groups is 3. The van der Waals surface area contributed by atoms with E-state index in [4.69, 9.17) is 0 Å². The van der Waals surface area contributed by atoms with Crippen LogP contribution in [-0.4, -0.2) is 70.8 Å². The number of benzene rings is 1. The van der Waals surface area contributed by atoms with E-state index in [1.807, 2.05) is 4.90 Å². The minimum atomic E-state index is -0.506. The molecule has 1 saturated carbocycles. The Bertz CT molecular complexity index is 802. The molecule has 4 rings (SSSR count). The summed E-state index contributed by atoms with van der Waals surface area (Å²) in [5, 5.41) is 3.15. The number of urea groups is 1. The lowest BCUT2D eigenvalue weighted by Gasteiger charge is -2.42. The maximum absolute atomic E-state index is 13.1. The predicted molar refractivity (Wildman–Crippen MR) is 114 cm³/mol. The molecule has 4 amide bonds. The van der Waals surface area contributed by atoms with Crippen molar-refractivity contribution < 1.29 is 18.8 Å². The van der Waals surface area contributed by atoms with Gasteiger partial charge in [-0.2, -0.15) is 0 Å². The van der Waals surface area contributed by atoms with Crippen LogP contribution in [0.4, 0.5) is 9.18 Å². The summed E-state index contributed by atoms with van der Waals surface area (Å²) in [5.41, 5.74) is 0.799. The van der Waals surface area contributed by atoms with Crippen LogP contribution in [0.25, 0.3) is 0 Å². The SMILES string of the molecule is O=C(NC1CCCCC1)N1CCC(N2CCN(Cc3ccc(F)cc3)C(=O)C2=O)CC1. The van der Waals surface area contributed by atoms with E-state index in [2.05, 4.69) is 5.32 Å². The summed E-state index contributed by atoms with van der Waals surface area (Å²) in [4.78, 5) is 43.0. The predicted octanol–water partition coefficient (Wildman–Crippen LogP) is 2.50. The summed E-state index contributed by atoms with van der Waals surface area (Å²) >= 11 is 0. The van der Waals surface area contributed by atoms with Crippen molar-refractivity contribution in [3.05, 3.63) is 35.6 Å². The summed E-state index contributed by atoms with van der Waals surface area (Å²) in [5.74, 6) is -1.30. The minimum absolute atomic E-state index is 0.00290. The fraction of sp³-hybridized carbons (Fsp3) is 0.609. The average Bonchev–Trinajstić information content (AvgIpc) is 2.79. The average molecular weight is 431 g/mol. The van der Waals surface area contributed by atoms with E-state index < -0.39 is 11.8 Å². The highest BCUT2D eigenvalue weighted by Crippen LogP contribution is 2.22. The number of likely N-dealkylation sites (tertiary alicyclic amines) is 1. The first-order valence-corrected chi connectivity index (χ1v) is 11.4. The van der Waals surface area contributed by atoms with E-state index in [0.29, 0.717) is 45.6 Å². The maximum atomic E-state index is 13.1. The van der Waals surface area contributed by atoms with Crippen LogP contribution in [0, 0.1) is 5.82 Å². The third-order valence-electron chi connectivity index (χ3n) is 6.75. The Kier molecular flexibility index (Phi) is 6.73. The quantitative estimate of drug-likeness (QED) is 0.746. The molecule has 0 radical (unpaired) electrons. The van der Waals surface area contributed by atoms with Gasteiger partial charge in [-0.15, -0.1) is 0 Å². The Hall–Kier alpha value is -2.64. The Balaban J connectivity index is 1.26. The summed E-state index contributed by atoms with van der Waals surface area (Å²) < 4.78 is 13.1. The van der Waals surface area contributed by atoms with Crippen LogP contribution in [0.15, 0.2) is 24.3 Å². The first-order chi connectivity index (χ1) is 15.0. The first-order valence-electron chi connectivity index (χ1n) is 11.4. The van der Waals surface area contributed by atoms with Crippen molar-refractivity contribution in [3.63, 3.8) is 0 Å². The van der Waals surface area contributed by atoms with Crippen LogP contribution in [0.1, 0.15) is 50.5 Å². The second-order valence-corrected chi connectivity index (χ2v) is 8.85. The van der Waals surface area contributed by atoms with Gasteiger partial charge in [-0.05, 0) is 43.4 Å². The molecule has 168 valence electrons. The molecular formula is C23H31FN4O3. The number of hydrogen-bond donors (Lipinski definition) is 1. The van der Waals surface area contributed by atoms with Gasteiger partial charge in [0.05, 0.1) is 0 Å². The van der Waals surface area contributed by atoms with Crippen LogP contribution >= 0.6 is 0 Å². The zero-order chi connectivity index (χ0) is 21.8. The van der Waals surface area contributed by atoms with E-state index in [0.717, 1.165) is 18.4 Å². The molecule has 2 saturated heterocycles. The largest absolute Gasteiger partial charge is 0.335 e. The van der Waals surface area contributed by atoms with Gasteiger partial charge >= 0.3 is 17.8 Å². The molecule has 3 fully saturated rings. The Morgan fingerprint density at radius 2 is 1.58 bits per heavy atom. The molecule has 1 N–H and O–H groups in total. The van der Waals surface area contributed by atoms with Crippen molar-refractivity contribution in [1.29, 1.82) is 0 Å². The summed E-state index contributed by atoms with van der Waals surface area (Å²) in [6, 6.07) is 6.25. The second kappa shape index (κ2) is 9.66. The lowest BCUT2D eigenvalue weighted by atomic mass is 9.95. The van der Waals surface area contributed by atoms with Gasteiger partial charge in [0.1, 0.15) is 5.82 Å². The highest BCUT2D eigenvalue weighted by molar-refractivity contribution is 6.35. The van der Waals surface area contributed by atoms with Crippen molar-refractivity contribution in [3.8, 4) is 0 Å². The van der Waals surface area contributed by atoms with Crippen LogP contribution in [0.5, 0.6) is 0 Å². The van der Waals surface area contributed by atoms with Gasteiger partial charge in [0, 0.05) is 44.8 Å². The van der Waals surface area contributed by atoms with Crippen LogP contribution < -0.4 is 5.32 Å². The van der Waals surface area contributed by atoms with Crippen molar-refractivity contribution in [2.45, 2.75) is 63.6 Å². The molecule has 8 heteroatoms. The fourth-order valence-corrected chi connectivity index (χ4v) is 4.89. The van der Waals surface area contributed by atoms with Gasteiger partial charge in [-0.3, -0.25) is 9.59 Å². The monoisotopic (exact) mass is 430 g/mol. The molecule has 0 spiro atoms. The fourth-order valence-electron chi connectivity index (χ4n) is 4.89. The molecule has 1 aliphatic carbocycles. The molecule has 2 heterocycles. The lowest BCUT2D eigenvalue weighted by Crippen LogP contribution is -2.59. The van der Waals surface area contributed by atoms with Crippen LogP contribution in [0.3, 0.4) is 0 Å². The van der Waals surface area contributed by atoms with Crippen LogP contribution in [-0.2, 0) is 16.1 Å². The van der Waals surface area contributed by atoms with Gasteiger partial charge in [0.15, 0.2) is 0 Å². The van der Waals surface area contributed by atoms with E-state index in [1.54, 1.807) is 17.0 Å². The molecule has 3 aliphatic rings. The molecule has 31 heavy (non-hydrogen) atoms. The van der Waals surface area contributed by atoms with Gasteiger partial charge in [-0.1, -0.05) is 31.4 Å². The molecular weight excluding hydrogens is 399 g/mol. The van der Waals surface area contributed by atoms with Gasteiger partial charge in [-0.25, -0.2) is 9.18 Å². The Labute approximate surface area is 182 Å². The number of amides is 4. The zero-order valence-electron chi connectivity index (χ0n) is 17.9. The third kappa shape index (κ3) is 5.17. The highest BCUT2D eigenvalue weighted by atomic mass is 19.1.